The molecule has 1 N–H and O–H groups in total. The Hall–Kier alpha value is -2.10. The van der Waals surface area contributed by atoms with E-state index in [1.54, 1.807) is 24.4 Å². The molecule has 0 atom stereocenters. The van der Waals surface area contributed by atoms with Gasteiger partial charge in [-0.25, -0.2) is 4.79 Å². The quantitative estimate of drug-likeness (QED) is 0.827. The van der Waals surface area contributed by atoms with E-state index in [-0.39, 0.29) is 11.1 Å². The van der Waals surface area contributed by atoms with E-state index in [2.05, 4.69) is 0 Å². The van der Waals surface area contributed by atoms with Crippen LogP contribution in [-0.2, 0) is 5.54 Å². The number of aromatic carboxylic acids is 1. The number of hydrogen-bond acceptors (Lipinski definition) is 2. The van der Waals surface area contributed by atoms with Gasteiger partial charge in [-0.2, -0.15) is 0 Å². The molecule has 2 rings (SSSR count). The van der Waals surface area contributed by atoms with Crippen LogP contribution in [-0.4, -0.2) is 21.9 Å². The van der Waals surface area contributed by atoms with Crippen molar-refractivity contribution in [1.82, 2.24) is 4.57 Å². The fourth-order valence-electron chi connectivity index (χ4n) is 2.04. The second-order valence-corrected chi connectivity index (χ2v) is 5.28. The fraction of sp³-hybridized carbons (Fsp3) is 0.286. The van der Waals surface area contributed by atoms with Crippen molar-refractivity contribution in [3.63, 3.8) is 0 Å². The molecule has 0 bridgehead atoms. The Morgan fingerprint density at radius 1 is 1.33 bits per heavy atom. The van der Waals surface area contributed by atoms with Gasteiger partial charge in [0.15, 0.2) is 6.29 Å². The van der Waals surface area contributed by atoms with Crippen LogP contribution in [0.5, 0.6) is 0 Å². The maximum absolute atomic E-state index is 11.1. The molecule has 1 heterocycles. The van der Waals surface area contributed by atoms with E-state index in [1.807, 2.05) is 25.3 Å². The summed E-state index contributed by atoms with van der Waals surface area (Å²) in [6.45, 7) is 6.10. The van der Waals surface area contributed by atoms with E-state index in [4.69, 9.17) is 5.11 Å². The molecule has 94 valence electrons. The number of aromatic nitrogens is 1. The van der Waals surface area contributed by atoms with Gasteiger partial charge >= 0.3 is 5.97 Å². The summed E-state index contributed by atoms with van der Waals surface area (Å²) in [5.74, 6) is -0.989. The van der Waals surface area contributed by atoms with Gasteiger partial charge in [-0.05, 0) is 39.0 Å². The lowest BCUT2D eigenvalue weighted by Crippen LogP contribution is -2.20. The molecule has 0 unspecified atom stereocenters. The van der Waals surface area contributed by atoms with E-state index in [9.17, 15) is 9.59 Å². The topological polar surface area (TPSA) is 59.3 Å². The zero-order valence-corrected chi connectivity index (χ0v) is 10.6. The highest BCUT2D eigenvalue weighted by Gasteiger charge is 2.19. The van der Waals surface area contributed by atoms with Gasteiger partial charge in [0.25, 0.3) is 0 Å². The van der Waals surface area contributed by atoms with Crippen molar-refractivity contribution >= 4 is 23.2 Å². The lowest BCUT2D eigenvalue weighted by atomic mass is 10.1. The average molecular weight is 245 g/mol. The van der Waals surface area contributed by atoms with Gasteiger partial charge in [-0.3, -0.25) is 4.79 Å². The van der Waals surface area contributed by atoms with Gasteiger partial charge in [-0.15, -0.1) is 0 Å². The third kappa shape index (κ3) is 1.90. The molecule has 2 aromatic rings. The summed E-state index contributed by atoms with van der Waals surface area (Å²) in [4.78, 5) is 22.0. The number of carbonyl (C=O) groups is 2. The number of rotatable bonds is 2. The number of fused-ring (bicyclic) bond motifs is 1. The highest BCUT2D eigenvalue weighted by Crippen LogP contribution is 2.27. The third-order valence-corrected chi connectivity index (χ3v) is 2.93. The van der Waals surface area contributed by atoms with Crippen molar-refractivity contribution in [2.24, 2.45) is 0 Å². The maximum Gasteiger partial charge on any atom is 0.335 e. The lowest BCUT2D eigenvalue weighted by molar-refractivity contribution is 0.0697. The first kappa shape index (κ1) is 12.4. The van der Waals surface area contributed by atoms with Gasteiger partial charge in [-0.1, -0.05) is 0 Å². The minimum absolute atomic E-state index is 0.162. The summed E-state index contributed by atoms with van der Waals surface area (Å²) < 4.78 is 1.98. The Labute approximate surface area is 105 Å². The molecule has 0 radical (unpaired) electrons. The van der Waals surface area contributed by atoms with Crippen LogP contribution in [0.2, 0.25) is 0 Å². The van der Waals surface area contributed by atoms with Crippen LogP contribution >= 0.6 is 0 Å². The first-order valence-corrected chi connectivity index (χ1v) is 5.68. The van der Waals surface area contributed by atoms with Crippen molar-refractivity contribution in [3.8, 4) is 0 Å². The maximum atomic E-state index is 11.1. The molecule has 0 spiro atoms. The number of hydrogen-bond donors (Lipinski definition) is 1. The van der Waals surface area contributed by atoms with E-state index >= 15 is 0 Å². The van der Waals surface area contributed by atoms with E-state index in [0.29, 0.717) is 10.9 Å². The van der Waals surface area contributed by atoms with Crippen molar-refractivity contribution in [2.45, 2.75) is 26.3 Å². The first-order valence-electron chi connectivity index (χ1n) is 5.68. The first-order chi connectivity index (χ1) is 8.34. The smallest absolute Gasteiger partial charge is 0.335 e. The standard InChI is InChI=1S/C14H15NO3/c1-14(2,3)15-7-10(8-16)11-6-9(13(17)18)4-5-12(11)15/h4-8H,1-3H3,(H,17,18). The number of carboxylic acid groups (broad SMARTS) is 1. The predicted molar refractivity (Wildman–Crippen MR) is 69.3 cm³/mol. The number of aldehydes is 1. The Bertz CT molecular complexity index is 632. The van der Waals surface area contributed by atoms with Crippen LogP contribution in [0.3, 0.4) is 0 Å². The number of carboxylic acids is 1. The molecule has 0 fully saturated rings. The summed E-state index contributed by atoms with van der Waals surface area (Å²) in [7, 11) is 0. The molecule has 0 amide bonds. The summed E-state index contributed by atoms with van der Waals surface area (Å²) in [6, 6.07) is 4.85. The molecule has 1 aromatic heterocycles. The van der Waals surface area contributed by atoms with Crippen LogP contribution in [0.25, 0.3) is 10.9 Å². The van der Waals surface area contributed by atoms with Gasteiger partial charge in [0.2, 0.25) is 0 Å². The minimum atomic E-state index is -0.989. The van der Waals surface area contributed by atoms with E-state index < -0.39 is 5.97 Å². The van der Waals surface area contributed by atoms with Crippen LogP contribution in [0, 0.1) is 0 Å². The molecule has 0 saturated heterocycles. The molecule has 0 aliphatic heterocycles. The predicted octanol–water partition coefficient (Wildman–Crippen LogP) is 2.91. The van der Waals surface area contributed by atoms with Crippen molar-refractivity contribution in [3.05, 3.63) is 35.5 Å². The normalized spacial score (nSPS) is 11.7. The number of nitrogens with zero attached hydrogens (tertiary/aromatic N) is 1. The van der Waals surface area contributed by atoms with Gasteiger partial charge in [0.05, 0.1) is 5.56 Å². The molecule has 0 aliphatic rings. The van der Waals surface area contributed by atoms with Crippen molar-refractivity contribution in [2.75, 3.05) is 0 Å². The summed E-state index contributed by atoms with van der Waals surface area (Å²) in [6.07, 6.45) is 2.53. The van der Waals surface area contributed by atoms with Crippen LogP contribution in [0.4, 0.5) is 0 Å². The molecule has 1 aromatic carbocycles. The number of benzene rings is 1. The molecular formula is C14H15NO3. The Balaban J connectivity index is 2.79. The lowest BCUT2D eigenvalue weighted by Gasteiger charge is -2.22. The average Bonchev–Trinajstić information content (AvgIpc) is 2.66. The van der Waals surface area contributed by atoms with Crippen LogP contribution in [0.1, 0.15) is 41.5 Å². The van der Waals surface area contributed by atoms with Gasteiger partial charge < -0.3 is 9.67 Å². The summed E-state index contributed by atoms with van der Waals surface area (Å²) in [5.41, 5.74) is 1.42. The SMILES string of the molecule is CC(C)(C)n1cc(C=O)c2cc(C(=O)O)ccc21. The third-order valence-electron chi connectivity index (χ3n) is 2.93. The van der Waals surface area contributed by atoms with Gasteiger partial charge in [0.1, 0.15) is 0 Å². The number of carbonyl (C=O) groups excluding carboxylic acids is 1. The van der Waals surface area contributed by atoms with E-state index in [1.165, 1.54) is 0 Å². The molecular weight excluding hydrogens is 230 g/mol. The second-order valence-electron chi connectivity index (χ2n) is 5.28. The fourth-order valence-corrected chi connectivity index (χ4v) is 2.04. The van der Waals surface area contributed by atoms with E-state index in [0.717, 1.165) is 11.8 Å². The minimum Gasteiger partial charge on any atom is -0.478 e. The van der Waals surface area contributed by atoms with Gasteiger partial charge in [0, 0.05) is 28.2 Å². The highest BCUT2D eigenvalue weighted by molar-refractivity contribution is 6.01. The monoisotopic (exact) mass is 245 g/mol. The molecule has 18 heavy (non-hydrogen) atoms. The molecule has 0 saturated carbocycles. The largest absolute Gasteiger partial charge is 0.478 e. The Morgan fingerprint density at radius 3 is 2.50 bits per heavy atom. The second kappa shape index (κ2) is 3.98. The van der Waals surface area contributed by atoms with Crippen LogP contribution < -0.4 is 0 Å². The van der Waals surface area contributed by atoms with Crippen molar-refractivity contribution < 1.29 is 14.7 Å². The Kier molecular flexibility index (Phi) is 2.73. The summed E-state index contributed by atoms with van der Waals surface area (Å²) >= 11 is 0. The molecule has 0 aliphatic carbocycles. The molecule has 4 heteroatoms. The Morgan fingerprint density at radius 2 is 2.00 bits per heavy atom. The molecule has 4 nitrogen and oxygen atoms in total. The van der Waals surface area contributed by atoms with Crippen LogP contribution in [0.15, 0.2) is 24.4 Å². The zero-order valence-electron chi connectivity index (χ0n) is 10.6. The highest BCUT2D eigenvalue weighted by atomic mass is 16.4. The zero-order chi connectivity index (χ0) is 13.5. The van der Waals surface area contributed by atoms with Crippen molar-refractivity contribution in [1.29, 1.82) is 0 Å². The summed E-state index contributed by atoms with van der Waals surface area (Å²) in [5, 5.41) is 9.66.